The van der Waals surface area contributed by atoms with Crippen molar-refractivity contribution in [2.45, 2.75) is 25.9 Å². The Labute approximate surface area is 134 Å². The molecule has 5 heteroatoms. The van der Waals surface area contributed by atoms with Gasteiger partial charge < -0.3 is 10.6 Å². The molecule has 2 aromatic rings. The van der Waals surface area contributed by atoms with Gasteiger partial charge in [0.1, 0.15) is 0 Å². The largest absolute Gasteiger partial charge is 0.348 e. The Morgan fingerprint density at radius 2 is 1.65 bits per heavy atom. The van der Waals surface area contributed by atoms with Gasteiger partial charge >= 0.3 is 0 Å². The molecule has 2 rings (SSSR count). The minimum atomic E-state index is -0.890. The Morgan fingerprint density at radius 1 is 0.957 bits per heavy atom. The van der Waals surface area contributed by atoms with Gasteiger partial charge in [-0.15, -0.1) is 0 Å². The molecule has 0 saturated carbocycles. The number of amides is 1. The van der Waals surface area contributed by atoms with Crippen LogP contribution in [0.15, 0.2) is 48.5 Å². The van der Waals surface area contributed by atoms with Gasteiger partial charge in [-0.25, -0.2) is 8.78 Å². The van der Waals surface area contributed by atoms with Crippen LogP contribution in [0.25, 0.3) is 0 Å². The van der Waals surface area contributed by atoms with E-state index in [0.29, 0.717) is 5.56 Å². The van der Waals surface area contributed by atoms with E-state index in [-0.39, 0.29) is 24.5 Å². The lowest BCUT2D eigenvalue weighted by atomic mass is 10.1. The number of hydrogen-bond acceptors (Lipinski definition) is 2. The molecule has 23 heavy (non-hydrogen) atoms. The summed E-state index contributed by atoms with van der Waals surface area (Å²) >= 11 is 0. The second kappa shape index (κ2) is 7.83. The fourth-order valence-electron chi connectivity index (χ4n) is 2.26. The standard InChI is InChI=1S/C18H20F2N2O/c1-12(15-8-9-16(19)17(20)10-15)21-11-18(23)22-13(2)14-6-4-3-5-7-14/h3-10,12-13,21H,11H2,1-2H3,(H,22,23)/t12-,13+/m1/s1. The van der Waals surface area contributed by atoms with Crippen LogP contribution in [-0.4, -0.2) is 12.5 Å². The molecule has 2 N–H and O–H groups in total. The first-order valence-electron chi connectivity index (χ1n) is 7.50. The SMILES string of the molecule is C[C@H](NC(=O)CN[C@H](C)c1ccc(F)c(F)c1)c1ccccc1. The van der Waals surface area contributed by atoms with Crippen LogP contribution in [0.4, 0.5) is 8.78 Å². The zero-order valence-electron chi connectivity index (χ0n) is 13.1. The molecule has 0 radical (unpaired) electrons. The normalized spacial score (nSPS) is 13.4. The maximum absolute atomic E-state index is 13.2. The van der Waals surface area contributed by atoms with Crippen molar-refractivity contribution < 1.29 is 13.6 Å². The van der Waals surface area contributed by atoms with Gasteiger partial charge in [-0.3, -0.25) is 4.79 Å². The molecule has 2 atom stereocenters. The van der Waals surface area contributed by atoms with Crippen molar-refractivity contribution in [2.75, 3.05) is 6.54 Å². The van der Waals surface area contributed by atoms with Gasteiger partial charge in [0.15, 0.2) is 11.6 Å². The fourth-order valence-corrected chi connectivity index (χ4v) is 2.26. The number of hydrogen-bond donors (Lipinski definition) is 2. The van der Waals surface area contributed by atoms with E-state index in [4.69, 9.17) is 0 Å². The summed E-state index contributed by atoms with van der Waals surface area (Å²) in [6.45, 7) is 3.80. The maximum Gasteiger partial charge on any atom is 0.234 e. The van der Waals surface area contributed by atoms with E-state index in [1.165, 1.54) is 6.07 Å². The predicted molar refractivity (Wildman–Crippen MR) is 85.8 cm³/mol. The molecule has 3 nitrogen and oxygen atoms in total. The van der Waals surface area contributed by atoms with Gasteiger partial charge in [0.25, 0.3) is 0 Å². The topological polar surface area (TPSA) is 41.1 Å². The maximum atomic E-state index is 13.2. The summed E-state index contributed by atoms with van der Waals surface area (Å²) in [5.41, 5.74) is 1.61. The van der Waals surface area contributed by atoms with Crippen molar-refractivity contribution in [1.82, 2.24) is 10.6 Å². The van der Waals surface area contributed by atoms with Crippen LogP contribution in [0.3, 0.4) is 0 Å². The highest BCUT2D eigenvalue weighted by Crippen LogP contribution is 2.16. The average molecular weight is 318 g/mol. The van der Waals surface area contributed by atoms with Crippen LogP contribution < -0.4 is 10.6 Å². The number of rotatable bonds is 6. The molecule has 0 saturated heterocycles. The van der Waals surface area contributed by atoms with E-state index in [1.54, 1.807) is 6.92 Å². The number of benzene rings is 2. The summed E-state index contributed by atoms with van der Waals surface area (Å²) in [5, 5.41) is 5.89. The third kappa shape index (κ3) is 4.86. The zero-order valence-corrected chi connectivity index (χ0v) is 13.1. The van der Waals surface area contributed by atoms with Crippen molar-refractivity contribution in [2.24, 2.45) is 0 Å². The van der Waals surface area contributed by atoms with Crippen molar-refractivity contribution >= 4 is 5.91 Å². The summed E-state index contributed by atoms with van der Waals surface area (Å²) in [6, 6.07) is 13.0. The van der Waals surface area contributed by atoms with Crippen molar-refractivity contribution in [1.29, 1.82) is 0 Å². The predicted octanol–water partition coefficient (Wildman–Crippen LogP) is 3.49. The summed E-state index contributed by atoms with van der Waals surface area (Å²) in [7, 11) is 0. The van der Waals surface area contributed by atoms with Gasteiger partial charge in [0, 0.05) is 6.04 Å². The van der Waals surface area contributed by atoms with E-state index in [0.717, 1.165) is 17.7 Å². The number of carbonyl (C=O) groups is 1. The van der Waals surface area contributed by atoms with Gasteiger partial charge in [0.05, 0.1) is 12.6 Å². The molecule has 0 unspecified atom stereocenters. The van der Waals surface area contributed by atoms with Crippen molar-refractivity contribution in [3.8, 4) is 0 Å². The quantitative estimate of drug-likeness (QED) is 0.856. The molecule has 0 aromatic heterocycles. The lowest BCUT2D eigenvalue weighted by Gasteiger charge is -2.17. The minimum absolute atomic E-state index is 0.0935. The Hall–Kier alpha value is -2.27. The Bertz CT molecular complexity index is 661. The summed E-state index contributed by atoms with van der Waals surface area (Å²) < 4.78 is 26.1. The summed E-state index contributed by atoms with van der Waals surface area (Å²) in [6.07, 6.45) is 0. The van der Waals surface area contributed by atoms with E-state index < -0.39 is 11.6 Å². The fraction of sp³-hybridized carbons (Fsp3) is 0.278. The number of halogens is 2. The monoisotopic (exact) mass is 318 g/mol. The Balaban J connectivity index is 1.85. The highest BCUT2D eigenvalue weighted by atomic mass is 19.2. The molecule has 0 aliphatic carbocycles. The molecule has 0 spiro atoms. The van der Waals surface area contributed by atoms with Crippen molar-refractivity contribution in [3.63, 3.8) is 0 Å². The number of nitrogens with one attached hydrogen (secondary N) is 2. The van der Waals surface area contributed by atoms with Crippen LogP contribution >= 0.6 is 0 Å². The van der Waals surface area contributed by atoms with Gasteiger partial charge in [-0.1, -0.05) is 36.4 Å². The average Bonchev–Trinajstić information content (AvgIpc) is 2.56. The van der Waals surface area contributed by atoms with E-state index in [1.807, 2.05) is 37.3 Å². The highest BCUT2D eigenvalue weighted by Gasteiger charge is 2.12. The van der Waals surface area contributed by atoms with Crippen molar-refractivity contribution in [3.05, 3.63) is 71.3 Å². The van der Waals surface area contributed by atoms with Crippen LogP contribution in [0.5, 0.6) is 0 Å². The van der Waals surface area contributed by atoms with E-state index >= 15 is 0 Å². The summed E-state index contributed by atoms with van der Waals surface area (Å²) in [5.74, 6) is -1.93. The van der Waals surface area contributed by atoms with Crippen LogP contribution in [-0.2, 0) is 4.79 Å². The lowest BCUT2D eigenvalue weighted by molar-refractivity contribution is -0.121. The van der Waals surface area contributed by atoms with E-state index in [2.05, 4.69) is 10.6 Å². The second-order valence-corrected chi connectivity index (χ2v) is 5.48. The molecular formula is C18H20F2N2O. The first-order valence-corrected chi connectivity index (χ1v) is 7.50. The molecule has 0 aliphatic heterocycles. The molecule has 122 valence electrons. The molecular weight excluding hydrogens is 298 g/mol. The van der Waals surface area contributed by atoms with Crippen LogP contribution in [0.2, 0.25) is 0 Å². The molecule has 1 amide bonds. The molecule has 0 fully saturated rings. The lowest BCUT2D eigenvalue weighted by Crippen LogP contribution is -2.36. The summed E-state index contributed by atoms with van der Waals surface area (Å²) in [4.78, 5) is 12.0. The molecule has 2 aromatic carbocycles. The van der Waals surface area contributed by atoms with E-state index in [9.17, 15) is 13.6 Å². The van der Waals surface area contributed by atoms with Gasteiger partial charge in [-0.05, 0) is 37.1 Å². The third-order valence-corrected chi connectivity index (χ3v) is 3.69. The smallest absolute Gasteiger partial charge is 0.234 e. The molecule has 0 aliphatic rings. The van der Waals surface area contributed by atoms with Crippen LogP contribution in [0, 0.1) is 11.6 Å². The van der Waals surface area contributed by atoms with Gasteiger partial charge in [0.2, 0.25) is 5.91 Å². The Morgan fingerprint density at radius 3 is 2.30 bits per heavy atom. The zero-order chi connectivity index (χ0) is 16.8. The number of carbonyl (C=O) groups excluding carboxylic acids is 1. The van der Waals surface area contributed by atoms with Gasteiger partial charge in [-0.2, -0.15) is 0 Å². The second-order valence-electron chi connectivity index (χ2n) is 5.48. The minimum Gasteiger partial charge on any atom is -0.348 e. The highest BCUT2D eigenvalue weighted by molar-refractivity contribution is 5.78. The molecule has 0 heterocycles. The Kier molecular flexibility index (Phi) is 5.82. The van der Waals surface area contributed by atoms with Crippen LogP contribution in [0.1, 0.15) is 37.1 Å². The molecule has 0 bridgehead atoms. The third-order valence-electron chi connectivity index (χ3n) is 3.69. The first kappa shape index (κ1) is 17.1. The first-order chi connectivity index (χ1) is 11.0.